The summed E-state index contributed by atoms with van der Waals surface area (Å²) in [6.45, 7) is 1.82. The van der Waals surface area contributed by atoms with Crippen molar-refractivity contribution in [3.63, 3.8) is 0 Å². The van der Waals surface area contributed by atoms with Crippen LogP contribution in [0.1, 0.15) is 15.9 Å². The van der Waals surface area contributed by atoms with Crippen LogP contribution in [0.4, 0.5) is 10.1 Å². The van der Waals surface area contributed by atoms with Crippen molar-refractivity contribution in [2.75, 3.05) is 5.32 Å². The molecule has 0 aliphatic heterocycles. The zero-order valence-electron chi connectivity index (χ0n) is 9.77. The average molecular weight is 261 g/mol. The molecule has 2 aromatic carbocycles. The summed E-state index contributed by atoms with van der Waals surface area (Å²) in [5, 5.41) is 2.55. The van der Waals surface area contributed by atoms with Crippen LogP contribution in [0.25, 0.3) is 0 Å². The third kappa shape index (κ3) is 2.71. The predicted molar refractivity (Wildman–Crippen MR) is 72.8 cm³/mol. The molecule has 0 fully saturated rings. The number of benzene rings is 2. The largest absolute Gasteiger partial charge is 0.319 e. The third-order valence-electron chi connectivity index (χ3n) is 2.59. The molecule has 2 nitrogen and oxygen atoms in total. The van der Waals surface area contributed by atoms with Crippen molar-refractivity contribution < 1.29 is 9.18 Å². The molecule has 18 heavy (non-hydrogen) atoms. The number of anilines is 1. The summed E-state index contributed by atoms with van der Waals surface area (Å²) >= 11 is 4.19. The van der Waals surface area contributed by atoms with Gasteiger partial charge in [0.25, 0.3) is 5.91 Å². The van der Waals surface area contributed by atoms with Gasteiger partial charge >= 0.3 is 0 Å². The van der Waals surface area contributed by atoms with Gasteiger partial charge in [0, 0.05) is 10.5 Å². The number of amides is 1. The molecule has 92 valence electrons. The molecule has 1 N–H and O–H groups in total. The topological polar surface area (TPSA) is 29.1 Å². The Morgan fingerprint density at radius 3 is 2.67 bits per heavy atom. The van der Waals surface area contributed by atoms with Crippen molar-refractivity contribution in [3.05, 3.63) is 59.4 Å². The Hall–Kier alpha value is -1.81. The monoisotopic (exact) mass is 261 g/mol. The lowest BCUT2D eigenvalue weighted by Crippen LogP contribution is -2.14. The van der Waals surface area contributed by atoms with E-state index < -0.39 is 5.82 Å². The van der Waals surface area contributed by atoms with Crippen molar-refractivity contribution in [2.45, 2.75) is 11.8 Å². The molecule has 4 heteroatoms. The lowest BCUT2D eigenvalue weighted by atomic mass is 10.1. The highest BCUT2D eigenvalue weighted by atomic mass is 32.1. The molecule has 2 rings (SSSR count). The van der Waals surface area contributed by atoms with E-state index in [2.05, 4.69) is 17.9 Å². The molecule has 0 radical (unpaired) electrons. The van der Waals surface area contributed by atoms with E-state index in [1.165, 1.54) is 12.1 Å². The number of carbonyl (C=O) groups excluding carboxylic acids is 1. The number of nitrogens with one attached hydrogen (secondary N) is 1. The highest BCUT2D eigenvalue weighted by molar-refractivity contribution is 7.80. The van der Waals surface area contributed by atoms with E-state index in [0.29, 0.717) is 10.5 Å². The second-order valence-corrected chi connectivity index (χ2v) is 4.45. The van der Waals surface area contributed by atoms with Crippen molar-refractivity contribution in [2.24, 2.45) is 0 Å². The van der Waals surface area contributed by atoms with Gasteiger partial charge in [-0.1, -0.05) is 18.2 Å². The molecule has 0 saturated carbocycles. The second kappa shape index (κ2) is 5.23. The molecule has 0 bridgehead atoms. The molecule has 0 aliphatic rings. The molecule has 0 saturated heterocycles. The molecule has 1 amide bonds. The van der Waals surface area contributed by atoms with Gasteiger partial charge in [-0.25, -0.2) is 4.39 Å². The minimum absolute atomic E-state index is 0.173. The maximum atomic E-state index is 13.4. The molecule has 0 atom stereocenters. The Kier molecular flexibility index (Phi) is 3.67. The molecule has 0 spiro atoms. The van der Waals surface area contributed by atoms with Crippen LogP contribution >= 0.6 is 12.6 Å². The number of rotatable bonds is 2. The third-order valence-corrected chi connectivity index (χ3v) is 2.87. The maximum absolute atomic E-state index is 13.4. The number of hydrogen-bond acceptors (Lipinski definition) is 2. The lowest BCUT2D eigenvalue weighted by molar-refractivity contribution is 0.102. The lowest BCUT2D eigenvalue weighted by Gasteiger charge is -2.08. The summed E-state index contributed by atoms with van der Waals surface area (Å²) < 4.78 is 13.4. The van der Waals surface area contributed by atoms with Gasteiger partial charge in [-0.3, -0.25) is 4.79 Å². The van der Waals surface area contributed by atoms with Crippen LogP contribution < -0.4 is 5.32 Å². The van der Waals surface area contributed by atoms with E-state index in [1.807, 2.05) is 6.92 Å². The van der Waals surface area contributed by atoms with Crippen molar-refractivity contribution >= 4 is 24.2 Å². The molecular weight excluding hydrogens is 249 g/mol. The Morgan fingerprint density at radius 1 is 1.22 bits per heavy atom. The predicted octanol–water partition coefficient (Wildman–Crippen LogP) is 3.68. The van der Waals surface area contributed by atoms with Gasteiger partial charge in [0.2, 0.25) is 0 Å². The minimum atomic E-state index is -0.453. The number of para-hydroxylation sites is 1. The normalized spacial score (nSPS) is 10.2. The van der Waals surface area contributed by atoms with Gasteiger partial charge < -0.3 is 5.32 Å². The average Bonchev–Trinajstić information content (AvgIpc) is 2.35. The standard InChI is InChI=1S/C14H12FNOS/c1-9-6-7-10(18)8-11(9)14(17)16-13-5-3-2-4-12(13)15/h2-8,18H,1H3,(H,16,17). The highest BCUT2D eigenvalue weighted by Gasteiger charge is 2.11. The van der Waals surface area contributed by atoms with Crippen molar-refractivity contribution in [3.8, 4) is 0 Å². The van der Waals surface area contributed by atoms with Gasteiger partial charge in [-0.15, -0.1) is 12.6 Å². The maximum Gasteiger partial charge on any atom is 0.256 e. The van der Waals surface area contributed by atoms with Crippen molar-refractivity contribution in [1.82, 2.24) is 0 Å². The summed E-state index contributed by atoms with van der Waals surface area (Å²) in [5.74, 6) is -0.793. The summed E-state index contributed by atoms with van der Waals surface area (Å²) in [6, 6.07) is 11.3. The second-order valence-electron chi connectivity index (χ2n) is 3.93. The van der Waals surface area contributed by atoms with E-state index in [0.717, 1.165) is 5.56 Å². The van der Waals surface area contributed by atoms with Gasteiger partial charge in [0.1, 0.15) is 5.82 Å². The first-order valence-electron chi connectivity index (χ1n) is 5.43. The number of aryl methyl sites for hydroxylation is 1. The van der Waals surface area contributed by atoms with Crippen LogP contribution in [0, 0.1) is 12.7 Å². The van der Waals surface area contributed by atoms with Crippen LogP contribution in [0.5, 0.6) is 0 Å². The molecular formula is C14H12FNOS. The Bertz CT molecular complexity index is 598. The number of carbonyl (C=O) groups is 1. The first-order valence-corrected chi connectivity index (χ1v) is 5.88. The van der Waals surface area contributed by atoms with E-state index in [9.17, 15) is 9.18 Å². The van der Waals surface area contributed by atoms with E-state index in [4.69, 9.17) is 0 Å². The van der Waals surface area contributed by atoms with Gasteiger partial charge in [0.05, 0.1) is 5.69 Å². The first-order chi connectivity index (χ1) is 8.58. The van der Waals surface area contributed by atoms with Crippen molar-refractivity contribution in [1.29, 1.82) is 0 Å². The minimum Gasteiger partial charge on any atom is -0.319 e. The summed E-state index contributed by atoms with van der Waals surface area (Å²) in [5.41, 5.74) is 1.49. The quantitative estimate of drug-likeness (QED) is 0.793. The molecule has 0 heterocycles. The Morgan fingerprint density at radius 2 is 1.94 bits per heavy atom. The van der Waals surface area contributed by atoms with Crippen LogP contribution in [0.15, 0.2) is 47.4 Å². The highest BCUT2D eigenvalue weighted by Crippen LogP contribution is 2.18. The SMILES string of the molecule is Cc1ccc(S)cc1C(=O)Nc1ccccc1F. The fourth-order valence-electron chi connectivity index (χ4n) is 1.61. The van der Waals surface area contributed by atoms with Crippen LogP contribution in [-0.4, -0.2) is 5.91 Å². The Balaban J connectivity index is 2.28. The van der Waals surface area contributed by atoms with Crippen LogP contribution in [0.2, 0.25) is 0 Å². The van der Waals surface area contributed by atoms with Gasteiger partial charge in [0.15, 0.2) is 0 Å². The summed E-state index contributed by atoms with van der Waals surface area (Å²) in [6.07, 6.45) is 0. The zero-order valence-corrected chi connectivity index (χ0v) is 10.7. The Labute approximate surface area is 110 Å². The van der Waals surface area contributed by atoms with E-state index in [-0.39, 0.29) is 11.6 Å². The van der Waals surface area contributed by atoms with E-state index in [1.54, 1.807) is 30.3 Å². The number of thiol groups is 1. The summed E-state index contributed by atoms with van der Waals surface area (Å²) in [4.78, 5) is 12.7. The number of hydrogen-bond donors (Lipinski definition) is 2. The molecule has 0 aliphatic carbocycles. The molecule has 0 unspecified atom stereocenters. The van der Waals surface area contributed by atoms with Crippen LogP contribution in [-0.2, 0) is 0 Å². The molecule has 0 aromatic heterocycles. The van der Waals surface area contributed by atoms with Gasteiger partial charge in [-0.05, 0) is 36.8 Å². The zero-order chi connectivity index (χ0) is 13.1. The smallest absolute Gasteiger partial charge is 0.256 e. The summed E-state index contributed by atoms with van der Waals surface area (Å²) in [7, 11) is 0. The first kappa shape index (κ1) is 12.6. The number of halogens is 1. The fourth-order valence-corrected chi connectivity index (χ4v) is 1.81. The van der Waals surface area contributed by atoms with Gasteiger partial charge in [-0.2, -0.15) is 0 Å². The fraction of sp³-hybridized carbons (Fsp3) is 0.0714. The molecule has 2 aromatic rings. The van der Waals surface area contributed by atoms with E-state index >= 15 is 0 Å². The van der Waals surface area contributed by atoms with Crippen LogP contribution in [0.3, 0.4) is 0 Å².